The van der Waals surface area contributed by atoms with Crippen molar-refractivity contribution in [3.8, 4) is 57.2 Å². The molecule has 0 fully saturated rings. The minimum absolute atomic E-state index is 0.319. The average molecular weight is 716 g/mol. The molecular weight excluding hydrogens is 683 g/mol. The van der Waals surface area contributed by atoms with Gasteiger partial charge in [-0.2, -0.15) is 10.5 Å². The lowest BCUT2D eigenvalue weighted by Crippen LogP contribution is -2.10. The normalized spacial score (nSPS) is 11.4. The number of aryl methyl sites for hydroxylation is 2. The fraction of sp³-hybridized carbons (Fsp3) is 0.0392. The zero-order valence-electron chi connectivity index (χ0n) is 30.8. The molecule has 0 amide bonds. The first-order valence-corrected chi connectivity index (χ1v) is 18.7. The molecule has 0 aliphatic carbocycles. The fourth-order valence-electron chi connectivity index (χ4n) is 8.43. The first-order chi connectivity index (χ1) is 27.5. The second-order valence-electron chi connectivity index (χ2n) is 14.3. The van der Waals surface area contributed by atoms with E-state index in [1.807, 2.05) is 24.3 Å². The van der Waals surface area contributed by atoms with Crippen LogP contribution >= 0.6 is 0 Å². The van der Waals surface area contributed by atoms with E-state index in [-0.39, 0.29) is 0 Å². The van der Waals surface area contributed by atoms with Crippen LogP contribution in [0.15, 0.2) is 164 Å². The molecule has 5 heteroatoms. The molecule has 0 aliphatic heterocycles. The van der Waals surface area contributed by atoms with Crippen molar-refractivity contribution in [2.45, 2.75) is 13.8 Å². The number of aromatic nitrogens is 3. The van der Waals surface area contributed by atoms with Crippen LogP contribution in [0, 0.1) is 36.5 Å². The lowest BCUT2D eigenvalue weighted by atomic mass is 9.89. The Morgan fingerprint density at radius 3 is 1.55 bits per heavy atom. The van der Waals surface area contributed by atoms with Crippen molar-refractivity contribution in [3.63, 3.8) is 0 Å². The summed E-state index contributed by atoms with van der Waals surface area (Å²) in [4.78, 5) is 5.86. The van der Waals surface area contributed by atoms with Gasteiger partial charge in [-0.15, -0.1) is 0 Å². The third-order valence-corrected chi connectivity index (χ3v) is 10.9. The molecule has 10 rings (SSSR count). The third-order valence-electron chi connectivity index (χ3n) is 10.9. The molecule has 0 unspecified atom stereocenters. The highest BCUT2D eigenvalue weighted by atomic mass is 15.1. The van der Waals surface area contributed by atoms with Gasteiger partial charge in [0.15, 0.2) is 0 Å². The number of hydrogen-bond acceptors (Lipinski definition) is 3. The van der Waals surface area contributed by atoms with Gasteiger partial charge in [-0.25, -0.2) is 4.98 Å². The monoisotopic (exact) mass is 715 g/mol. The number of hydrogen-bond donors (Lipinski definition) is 0. The van der Waals surface area contributed by atoms with E-state index in [4.69, 9.17) is 4.98 Å². The predicted molar refractivity (Wildman–Crippen MR) is 228 cm³/mol. The van der Waals surface area contributed by atoms with Gasteiger partial charge in [0.1, 0.15) is 18.0 Å². The summed E-state index contributed by atoms with van der Waals surface area (Å²) in [6, 6.07) is 61.3. The molecule has 0 bridgehead atoms. The summed E-state index contributed by atoms with van der Waals surface area (Å²) in [6.45, 7) is 4.26. The van der Waals surface area contributed by atoms with Gasteiger partial charge in [-0.1, -0.05) is 126 Å². The summed E-state index contributed by atoms with van der Waals surface area (Å²) < 4.78 is 4.65. The van der Waals surface area contributed by atoms with Crippen molar-refractivity contribution >= 4 is 43.6 Å². The van der Waals surface area contributed by atoms with E-state index in [0.717, 1.165) is 88.6 Å². The van der Waals surface area contributed by atoms with Crippen LogP contribution in [-0.2, 0) is 0 Å². The summed E-state index contributed by atoms with van der Waals surface area (Å²) in [5.74, 6) is 0.767. The van der Waals surface area contributed by atoms with Crippen LogP contribution in [0.3, 0.4) is 0 Å². The van der Waals surface area contributed by atoms with Gasteiger partial charge in [0.25, 0.3) is 0 Å². The van der Waals surface area contributed by atoms with Gasteiger partial charge in [-0.05, 0) is 73.5 Å². The number of benzene rings is 7. The van der Waals surface area contributed by atoms with E-state index in [1.165, 1.54) is 11.1 Å². The summed E-state index contributed by atoms with van der Waals surface area (Å²) >= 11 is 0. The molecule has 0 N–H and O–H groups in total. The molecule has 0 spiro atoms. The van der Waals surface area contributed by atoms with E-state index < -0.39 is 0 Å². The van der Waals surface area contributed by atoms with Crippen LogP contribution in [0.25, 0.3) is 88.6 Å². The molecular formula is C51H33N5. The summed E-state index contributed by atoms with van der Waals surface area (Å²) in [5.41, 5.74) is 13.4. The first kappa shape index (κ1) is 32.9. The minimum Gasteiger partial charge on any atom is -0.306 e. The smallest absolute Gasteiger partial charge is 0.147 e. The standard InChI is InChI=1S/C51H33N5/c1-32-21-25-45-41(27-32)39-17-9-11-19-43(39)55(45)50-47(36-23-24-37(30-52)38(29-36)31-53)48(34-13-5-3-6-14-34)51(54-49(50)35-15-7-4-8-16-35)56-44-20-12-10-18-40(44)42-28-33(2)22-26-46(42)56/h3-29H,1-2H3. The van der Waals surface area contributed by atoms with Gasteiger partial charge >= 0.3 is 0 Å². The lowest BCUT2D eigenvalue weighted by Gasteiger charge is -2.25. The molecule has 56 heavy (non-hydrogen) atoms. The summed E-state index contributed by atoms with van der Waals surface area (Å²) in [7, 11) is 0. The number of para-hydroxylation sites is 2. The summed E-state index contributed by atoms with van der Waals surface area (Å²) in [6.07, 6.45) is 0. The Morgan fingerprint density at radius 1 is 0.429 bits per heavy atom. The maximum atomic E-state index is 10.4. The minimum atomic E-state index is 0.319. The van der Waals surface area contributed by atoms with Gasteiger partial charge in [0.2, 0.25) is 0 Å². The van der Waals surface area contributed by atoms with Gasteiger partial charge in [0.05, 0.1) is 44.6 Å². The first-order valence-electron chi connectivity index (χ1n) is 18.7. The zero-order chi connectivity index (χ0) is 37.9. The predicted octanol–water partition coefficient (Wildman–Crippen LogP) is 12.6. The number of nitrogens with zero attached hydrogens (tertiary/aromatic N) is 5. The van der Waals surface area contributed by atoms with Crippen LogP contribution in [-0.4, -0.2) is 14.1 Å². The zero-order valence-corrected chi connectivity index (χ0v) is 30.8. The van der Waals surface area contributed by atoms with E-state index >= 15 is 0 Å². The van der Waals surface area contributed by atoms with Gasteiger partial charge in [-0.3, -0.25) is 4.57 Å². The number of fused-ring (bicyclic) bond motifs is 6. The molecule has 262 valence electrons. The maximum Gasteiger partial charge on any atom is 0.147 e. The average Bonchev–Trinajstić information content (AvgIpc) is 3.75. The van der Waals surface area contributed by atoms with Crippen molar-refractivity contribution in [3.05, 3.63) is 186 Å². The molecule has 0 saturated carbocycles. The maximum absolute atomic E-state index is 10.4. The highest BCUT2D eigenvalue weighted by molar-refractivity contribution is 6.13. The second-order valence-corrected chi connectivity index (χ2v) is 14.3. The van der Waals surface area contributed by atoms with Crippen molar-refractivity contribution < 1.29 is 0 Å². The Kier molecular flexibility index (Phi) is 7.63. The van der Waals surface area contributed by atoms with Crippen molar-refractivity contribution in [2.24, 2.45) is 0 Å². The Balaban J connectivity index is 1.51. The van der Waals surface area contributed by atoms with Gasteiger partial charge in [0, 0.05) is 38.2 Å². The van der Waals surface area contributed by atoms with Crippen LogP contribution in [0.2, 0.25) is 0 Å². The van der Waals surface area contributed by atoms with Crippen molar-refractivity contribution in [2.75, 3.05) is 0 Å². The largest absolute Gasteiger partial charge is 0.306 e. The molecule has 0 aliphatic rings. The molecule has 3 heterocycles. The van der Waals surface area contributed by atoms with Crippen LogP contribution in [0.5, 0.6) is 0 Å². The fourth-order valence-corrected chi connectivity index (χ4v) is 8.43. The Hall–Kier alpha value is -7.73. The third kappa shape index (κ3) is 5.03. The number of nitriles is 2. The molecule has 0 atom stereocenters. The Morgan fingerprint density at radius 2 is 0.946 bits per heavy atom. The molecule has 3 aromatic heterocycles. The molecule has 5 nitrogen and oxygen atoms in total. The van der Waals surface area contributed by atoms with E-state index in [9.17, 15) is 10.5 Å². The molecule has 0 radical (unpaired) electrons. The number of pyridine rings is 1. The van der Waals surface area contributed by atoms with E-state index in [0.29, 0.717) is 11.1 Å². The Labute approximate surface area is 324 Å². The van der Waals surface area contributed by atoms with Gasteiger partial charge < -0.3 is 4.57 Å². The van der Waals surface area contributed by atoms with Crippen molar-refractivity contribution in [1.82, 2.24) is 14.1 Å². The van der Waals surface area contributed by atoms with E-state index in [2.05, 4.69) is 169 Å². The Bertz CT molecular complexity index is 3280. The van der Waals surface area contributed by atoms with Crippen LogP contribution in [0.1, 0.15) is 22.3 Å². The van der Waals surface area contributed by atoms with E-state index in [1.54, 1.807) is 6.07 Å². The topological polar surface area (TPSA) is 70.3 Å². The molecule has 7 aromatic carbocycles. The molecule has 0 saturated heterocycles. The lowest BCUT2D eigenvalue weighted by molar-refractivity contribution is 1.06. The highest BCUT2D eigenvalue weighted by Crippen LogP contribution is 2.48. The van der Waals surface area contributed by atoms with Crippen molar-refractivity contribution in [1.29, 1.82) is 10.5 Å². The second kappa shape index (κ2) is 13.0. The SMILES string of the molecule is Cc1ccc2c(c1)c1ccccc1n2-c1nc(-c2ccccc2)c(-n2c3ccccc3c3cc(C)ccc32)c(-c2ccc(C#N)c(C#N)c2)c1-c1ccccc1. The molecule has 10 aromatic rings. The quantitative estimate of drug-likeness (QED) is 0.178. The van der Waals surface area contributed by atoms with Crippen LogP contribution < -0.4 is 0 Å². The van der Waals surface area contributed by atoms with Crippen LogP contribution in [0.4, 0.5) is 0 Å². The highest BCUT2D eigenvalue weighted by Gasteiger charge is 2.29. The summed E-state index contributed by atoms with van der Waals surface area (Å²) in [5, 5.41) is 25.1. The number of rotatable bonds is 5.